The van der Waals surface area contributed by atoms with E-state index in [9.17, 15) is 18.5 Å². The van der Waals surface area contributed by atoms with Crippen molar-refractivity contribution >= 4 is 21.4 Å². The summed E-state index contributed by atoms with van der Waals surface area (Å²) < 4.78 is 30.7. The lowest BCUT2D eigenvalue weighted by atomic mass is 10.2. The van der Waals surface area contributed by atoms with Crippen molar-refractivity contribution in [3.63, 3.8) is 0 Å². The minimum Gasteiger partial charge on any atom is -0.490 e. The van der Waals surface area contributed by atoms with Gasteiger partial charge in [-0.2, -0.15) is 0 Å². The highest BCUT2D eigenvalue weighted by molar-refractivity contribution is 7.92. The Morgan fingerprint density at radius 2 is 2.10 bits per heavy atom. The lowest BCUT2D eigenvalue weighted by Crippen LogP contribution is -2.26. The van der Waals surface area contributed by atoms with E-state index in [1.807, 2.05) is 6.92 Å². The third-order valence-corrected chi connectivity index (χ3v) is 3.73. The Morgan fingerprint density at radius 3 is 2.65 bits per heavy atom. The van der Waals surface area contributed by atoms with Crippen LogP contribution in [-0.2, 0) is 10.0 Å². The maximum Gasteiger partial charge on any atom is 0.312 e. The molecule has 9 heteroatoms. The molecule has 8 nitrogen and oxygen atoms in total. The van der Waals surface area contributed by atoms with Gasteiger partial charge in [0.15, 0.2) is 5.75 Å². The van der Waals surface area contributed by atoms with E-state index >= 15 is 0 Å². The van der Waals surface area contributed by atoms with Crippen molar-refractivity contribution in [1.82, 2.24) is 5.32 Å². The second-order valence-electron chi connectivity index (χ2n) is 3.92. The molecule has 0 unspecified atom stereocenters. The molecule has 0 aliphatic rings. The molecule has 0 fully saturated rings. The zero-order valence-corrected chi connectivity index (χ0v) is 12.1. The fraction of sp³-hybridized carbons (Fsp3) is 0.455. The summed E-state index contributed by atoms with van der Waals surface area (Å²) in [5.41, 5.74) is -0.159. The quantitative estimate of drug-likeness (QED) is 0.420. The van der Waals surface area contributed by atoms with E-state index in [1.54, 1.807) is 0 Å². The van der Waals surface area contributed by atoms with Gasteiger partial charge >= 0.3 is 5.69 Å². The number of rotatable bonds is 8. The molecule has 0 spiro atoms. The molecule has 112 valence electrons. The minimum absolute atomic E-state index is 0.0746. The highest BCUT2D eigenvalue weighted by Crippen LogP contribution is 2.29. The molecule has 0 amide bonds. The topological polar surface area (TPSA) is 111 Å². The summed E-state index contributed by atoms with van der Waals surface area (Å²) in [7, 11) is -2.24. The predicted octanol–water partition coefficient (Wildman–Crippen LogP) is 0.955. The third-order valence-electron chi connectivity index (χ3n) is 2.45. The molecular weight excluding hydrogens is 286 g/mol. The number of nitro groups is 1. The molecule has 0 radical (unpaired) electrons. The summed E-state index contributed by atoms with van der Waals surface area (Å²) in [6.45, 7) is 2.85. The van der Waals surface area contributed by atoms with Gasteiger partial charge in [-0.15, -0.1) is 0 Å². The predicted molar refractivity (Wildman–Crippen MR) is 75.6 cm³/mol. The van der Waals surface area contributed by atoms with Gasteiger partial charge < -0.3 is 10.1 Å². The zero-order valence-electron chi connectivity index (χ0n) is 11.3. The third kappa shape index (κ3) is 4.67. The standard InChI is InChI=1S/C11H17N3O5S/c1-3-12-6-7-20(17,18)13-9-4-5-11(19-2)10(8-9)14(15)16/h4-5,8,12-13H,3,6-7H2,1-2H3. The second-order valence-corrected chi connectivity index (χ2v) is 5.76. The summed E-state index contributed by atoms with van der Waals surface area (Å²) in [5.74, 6) is -0.0358. The fourth-order valence-electron chi connectivity index (χ4n) is 1.51. The average Bonchev–Trinajstić information content (AvgIpc) is 2.38. The van der Waals surface area contributed by atoms with Gasteiger partial charge in [0.1, 0.15) is 0 Å². The molecule has 2 N–H and O–H groups in total. The van der Waals surface area contributed by atoms with E-state index in [0.717, 1.165) is 6.07 Å². The van der Waals surface area contributed by atoms with Crippen LogP contribution in [0.5, 0.6) is 5.75 Å². The number of methoxy groups -OCH3 is 1. The summed E-state index contributed by atoms with van der Waals surface area (Å²) >= 11 is 0. The van der Waals surface area contributed by atoms with E-state index in [1.165, 1.54) is 19.2 Å². The van der Waals surface area contributed by atoms with Gasteiger partial charge in [0.05, 0.1) is 23.5 Å². The van der Waals surface area contributed by atoms with Gasteiger partial charge in [0, 0.05) is 12.6 Å². The van der Waals surface area contributed by atoms with E-state index < -0.39 is 14.9 Å². The van der Waals surface area contributed by atoms with Crippen molar-refractivity contribution in [2.45, 2.75) is 6.92 Å². The van der Waals surface area contributed by atoms with Gasteiger partial charge in [-0.1, -0.05) is 6.92 Å². The molecule has 0 atom stereocenters. The van der Waals surface area contributed by atoms with Crippen LogP contribution in [0.15, 0.2) is 18.2 Å². The number of nitrogens with one attached hydrogen (secondary N) is 2. The Kier molecular flexibility index (Phi) is 5.71. The van der Waals surface area contributed by atoms with Gasteiger partial charge in [0.25, 0.3) is 0 Å². The Bertz CT molecular complexity index is 573. The molecule has 1 aromatic rings. The van der Waals surface area contributed by atoms with Gasteiger partial charge in [-0.25, -0.2) is 8.42 Å². The van der Waals surface area contributed by atoms with Crippen LogP contribution in [-0.4, -0.2) is 39.3 Å². The van der Waals surface area contributed by atoms with Crippen molar-refractivity contribution in [3.8, 4) is 5.75 Å². The number of nitro benzene ring substituents is 1. The van der Waals surface area contributed by atoms with Crippen LogP contribution in [0.1, 0.15) is 6.92 Å². The van der Waals surface area contributed by atoms with Crippen molar-refractivity contribution in [2.24, 2.45) is 0 Å². The maximum atomic E-state index is 11.8. The molecule has 0 aromatic heterocycles. The summed E-state index contributed by atoms with van der Waals surface area (Å²) in [6.07, 6.45) is 0. The van der Waals surface area contributed by atoms with Crippen LogP contribution in [0, 0.1) is 10.1 Å². The second kappa shape index (κ2) is 7.06. The smallest absolute Gasteiger partial charge is 0.312 e. The van der Waals surface area contributed by atoms with Crippen molar-refractivity contribution in [1.29, 1.82) is 0 Å². The van der Waals surface area contributed by atoms with Crippen LogP contribution < -0.4 is 14.8 Å². The number of nitrogens with zero attached hydrogens (tertiary/aromatic N) is 1. The monoisotopic (exact) mass is 303 g/mol. The van der Waals surface area contributed by atoms with E-state index in [0.29, 0.717) is 13.1 Å². The molecular formula is C11H17N3O5S. The van der Waals surface area contributed by atoms with Crippen molar-refractivity contribution in [3.05, 3.63) is 28.3 Å². The van der Waals surface area contributed by atoms with Gasteiger partial charge in [-0.05, 0) is 18.7 Å². The molecule has 0 aliphatic heterocycles. The first-order valence-electron chi connectivity index (χ1n) is 5.93. The fourth-order valence-corrected chi connectivity index (χ4v) is 2.51. The first-order chi connectivity index (χ1) is 9.39. The number of hydrogen-bond donors (Lipinski definition) is 2. The molecule has 20 heavy (non-hydrogen) atoms. The van der Waals surface area contributed by atoms with Crippen molar-refractivity contribution in [2.75, 3.05) is 30.7 Å². The number of hydrogen-bond acceptors (Lipinski definition) is 6. The summed E-state index contributed by atoms with van der Waals surface area (Å²) in [5, 5.41) is 13.7. The molecule has 0 saturated carbocycles. The van der Waals surface area contributed by atoms with Crippen molar-refractivity contribution < 1.29 is 18.1 Å². The molecule has 1 aromatic carbocycles. The number of benzene rings is 1. The lowest BCUT2D eigenvalue weighted by molar-refractivity contribution is -0.385. The number of ether oxygens (including phenoxy) is 1. The van der Waals surface area contributed by atoms with E-state index in [4.69, 9.17) is 4.74 Å². The molecule has 0 saturated heterocycles. The summed E-state index contributed by atoms with van der Waals surface area (Å²) in [4.78, 5) is 10.2. The van der Waals surface area contributed by atoms with Gasteiger partial charge in [-0.3, -0.25) is 14.8 Å². The highest BCUT2D eigenvalue weighted by Gasteiger charge is 2.17. The Balaban J connectivity index is 2.87. The van der Waals surface area contributed by atoms with E-state index in [-0.39, 0.29) is 22.9 Å². The van der Waals surface area contributed by atoms with Crippen LogP contribution in [0.2, 0.25) is 0 Å². The minimum atomic E-state index is -3.54. The Hall–Kier alpha value is -1.87. The average molecular weight is 303 g/mol. The zero-order chi connectivity index (χ0) is 15.2. The molecule has 0 aliphatic carbocycles. The lowest BCUT2D eigenvalue weighted by Gasteiger charge is -2.09. The largest absolute Gasteiger partial charge is 0.490 e. The van der Waals surface area contributed by atoms with Gasteiger partial charge in [0.2, 0.25) is 10.0 Å². The normalized spacial score (nSPS) is 11.1. The maximum absolute atomic E-state index is 11.8. The first kappa shape index (κ1) is 16.2. The number of anilines is 1. The summed E-state index contributed by atoms with van der Waals surface area (Å²) in [6, 6.07) is 3.89. The Labute approximate surface area is 117 Å². The van der Waals surface area contributed by atoms with E-state index in [2.05, 4.69) is 10.0 Å². The van der Waals surface area contributed by atoms with Crippen LogP contribution in [0.25, 0.3) is 0 Å². The molecule has 1 rings (SSSR count). The van der Waals surface area contributed by atoms with Crippen LogP contribution in [0.4, 0.5) is 11.4 Å². The Morgan fingerprint density at radius 1 is 1.40 bits per heavy atom. The molecule has 0 heterocycles. The van der Waals surface area contributed by atoms with Crippen LogP contribution >= 0.6 is 0 Å². The number of sulfonamides is 1. The molecule has 0 bridgehead atoms. The first-order valence-corrected chi connectivity index (χ1v) is 7.58. The highest BCUT2D eigenvalue weighted by atomic mass is 32.2. The van der Waals surface area contributed by atoms with Crippen LogP contribution in [0.3, 0.4) is 0 Å². The SMILES string of the molecule is CCNCCS(=O)(=O)Nc1ccc(OC)c([N+](=O)[O-])c1.